The molecule has 0 spiro atoms. The summed E-state index contributed by atoms with van der Waals surface area (Å²) in [6.45, 7) is 3.00. The predicted molar refractivity (Wildman–Crippen MR) is 90.8 cm³/mol. The molecule has 2 aromatic carbocycles. The molecule has 0 radical (unpaired) electrons. The minimum absolute atomic E-state index is 0.0673. The van der Waals surface area contributed by atoms with Gasteiger partial charge in [0.25, 0.3) is 0 Å². The highest BCUT2D eigenvalue weighted by Crippen LogP contribution is 2.28. The number of halogens is 2. The average molecular weight is 334 g/mol. The quantitative estimate of drug-likeness (QED) is 0.747. The number of likely N-dealkylation sites (tertiary alicyclic amines) is 1. The zero-order valence-corrected chi connectivity index (χ0v) is 13.7. The van der Waals surface area contributed by atoms with E-state index in [-0.39, 0.29) is 5.78 Å². The van der Waals surface area contributed by atoms with Gasteiger partial charge in [0.05, 0.1) is 10.0 Å². The number of hydrogen-bond donors (Lipinski definition) is 0. The zero-order valence-electron chi connectivity index (χ0n) is 12.2. The first kappa shape index (κ1) is 15.5. The number of nitrogens with zero attached hydrogens (tertiary/aromatic N) is 1. The molecule has 114 valence electrons. The molecule has 1 aliphatic heterocycles. The number of benzene rings is 2. The fourth-order valence-corrected chi connectivity index (χ4v) is 3.27. The van der Waals surface area contributed by atoms with Crippen LogP contribution in [0.3, 0.4) is 0 Å². The largest absolute Gasteiger partial charge is 0.299 e. The van der Waals surface area contributed by atoms with Gasteiger partial charge >= 0.3 is 0 Å². The smallest absolute Gasteiger partial charge is 0.194 e. The molecule has 4 heteroatoms. The standard InChI is InChI=1S/C18H17Cl2NO/c19-16-9-5-8-15(17(16)20)18(22)14-7-2-1-6-13(14)12-21-10-3-4-11-21/h1-2,5-9H,3-4,10-12H2. The van der Waals surface area contributed by atoms with Gasteiger partial charge in [-0.05, 0) is 43.6 Å². The fraction of sp³-hybridized carbons (Fsp3) is 0.278. The van der Waals surface area contributed by atoms with Gasteiger partial charge in [-0.3, -0.25) is 9.69 Å². The van der Waals surface area contributed by atoms with Crippen LogP contribution in [0.25, 0.3) is 0 Å². The van der Waals surface area contributed by atoms with Crippen LogP contribution in [0.4, 0.5) is 0 Å². The molecule has 22 heavy (non-hydrogen) atoms. The van der Waals surface area contributed by atoms with Gasteiger partial charge in [-0.2, -0.15) is 0 Å². The first-order chi connectivity index (χ1) is 10.7. The molecule has 1 saturated heterocycles. The third-order valence-corrected chi connectivity index (χ3v) is 4.87. The molecule has 2 aromatic rings. The van der Waals surface area contributed by atoms with E-state index in [1.807, 2.05) is 24.3 Å². The van der Waals surface area contributed by atoms with Crippen LogP contribution in [0.2, 0.25) is 10.0 Å². The van der Waals surface area contributed by atoms with Gasteiger partial charge in [0.2, 0.25) is 0 Å². The van der Waals surface area contributed by atoms with Gasteiger partial charge in [0, 0.05) is 17.7 Å². The van der Waals surface area contributed by atoms with Crippen LogP contribution in [-0.4, -0.2) is 23.8 Å². The van der Waals surface area contributed by atoms with Crippen LogP contribution < -0.4 is 0 Å². The summed E-state index contributed by atoms with van der Waals surface area (Å²) in [6.07, 6.45) is 2.46. The van der Waals surface area contributed by atoms with Crippen molar-refractivity contribution < 1.29 is 4.79 Å². The summed E-state index contributed by atoms with van der Waals surface area (Å²) in [5.74, 6) is -0.0673. The maximum atomic E-state index is 12.9. The van der Waals surface area contributed by atoms with Gasteiger partial charge < -0.3 is 0 Å². The van der Waals surface area contributed by atoms with E-state index in [1.165, 1.54) is 12.8 Å². The van der Waals surface area contributed by atoms with Crippen molar-refractivity contribution in [1.82, 2.24) is 4.90 Å². The van der Waals surface area contributed by atoms with Crippen LogP contribution in [-0.2, 0) is 6.54 Å². The van der Waals surface area contributed by atoms with Crippen LogP contribution in [0.15, 0.2) is 42.5 Å². The van der Waals surface area contributed by atoms with Crippen LogP contribution >= 0.6 is 23.2 Å². The summed E-state index contributed by atoms with van der Waals surface area (Å²) in [5, 5.41) is 0.731. The normalized spacial score (nSPS) is 15.2. The molecule has 3 rings (SSSR count). The third-order valence-electron chi connectivity index (χ3n) is 4.05. The topological polar surface area (TPSA) is 20.3 Å². The Morgan fingerprint density at radius 3 is 2.41 bits per heavy atom. The Morgan fingerprint density at radius 2 is 1.64 bits per heavy atom. The molecule has 0 saturated carbocycles. The second-order valence-electron chi connectivity index (χ2n) is 5.57. The fourth-order valence-electron chi connectivity index (χ4n) is 2.89. The lowest BCUT2D eigenvalue weighted by atomic mass is 9.98. The van der Waals surface area contributed by atoms with Gasteiger partial charge in [-0.15, -0.1) is 0 Å². The zero-order chi connectivity index (χ0) is 15.5. The van der Waals surface area contributed by atoms with E-state index in [4.69, 9.17) is 23.2 Å². The Morgan fingerprint density at radius 1 is 0.955 bits per heavy atom. The average Bonchev–Trinajstić information content (AvgIpc) is 3.03. The van der Waals surface area contributed by atoms with Gasteiger partial charge in [0.15, 0.2) is 5.78 Å². The maximum absolute atomic E-state index is 12.9. The summed E-state index contributed by atoms with van der Waals surface area (Å²) >= 11 is 12.2. The lowest BCUT2D eigenvalue weighted by Crippen LogP contribution is -2.20. The van der Waals surface area contributed by atoms with E-state index in [0.717, 1.165) is 25.2 Å². The van der Waals surface area contributed by atoms with Gasteiger partial charge in [-0.1, -0.05) is 53.5 Å². The van der Waals surface area contributed by atoms with Crippen molar-refractivity contribution in [2.45, 2.75) is 19.4 Å². The molecule has 0 aromatic heterocycles. The predicted octanol–water partition coefficient (Wildman–Crippen LogP) is 4.82. The van der Waals surface area contributed by atoms with Crippen LogP contribution in [0.5, 0.6) is 0 Å². The van der Waals surface area contributed by atoms with Crippen molar-refractivity contribution in [2.75, 3.05) is 13.1 Å². The molecular formula is C18H17Cl2NO. The summed E-state index contributed by atoms with van der Waals surface area (Å²) in [4.78, 5) is 15.2. The molecule has 1 heterocycles. The molecular weight excluding hydrogens is 317 g/mol. The van der Waals surface area contributed by atoms with E-state index in [9.17, 15) is 4.79 Å². The third kappa shape index (κ3) is 3.19. The first-order valence-corrected chi connectivity index (χ1v) is 8.21. The summed E-state index contributed by atoms with van der Waals surface area (Å²) in [5.41, 5.74) is 2.21. The summed E-state index contributed by atoms with van der Waals surface area (Å²) < 4.78 is 0. The van der Waals surface area contributed by atoms with Crippen LogP contribution in [0.1, 0.15) is 34.3 Å². The van der Waals surface area contributed by atoms with Crippen molar-refractivity contribution in [1.29, 1.82) is 0 Å². The molecule has 2 nitrogen and oxygen atoms in total. The van der Waals surface area contributed by atoms with Crippen molar-refractivity contribution in [2.24, 2.45) is 0 Å². The number of carbonyl (C=O) groups is 1. The van der Waals surface area contributed by atoms with Gasteiger partial charge in [0.1, 0.15) is 0 Å². The second kappa shape index (κ2) is 6.82. The Balaban J connectivity index is 1.93. The van der Waals surface area contributed by atoms with Crippen molar-refractivity contribution in [3.63, 3.8) is 0 Å². The lowest BCUT2D eigenvalue weighted by molar-refractivity contribution is 0.103. The number of hydrogen-bond acceptors (Lipinski definition) is 2. The number of carbonyl (C=O) groups excluding carboxylic acids is 1. The Kier molecular flexibility index (Phi) is 4.82. The number of ketones is 1. The van der Waals surface area contributed by atoms with Gasteiger partial charge in [-0.25, -0.2) is 0 Å². The maximum Gasteiger partial charge on any atom is 0.194 e. The van der Waals surface area contributed by atoms with Crippen molar-refractivity contribution >= 4 is 29.0 Å². The monoisotopic (exact) mass is 333 g/mol. The minimum Gasteiger partial charge on any atom is -0.299 e. The molecule has 1 fully saturated rings. The molecule has 1 aliphatic rings. The Labute approximate surface area is 140 Å². The molecule has 0 atom stereocenters. The molecule has 0 N–H and O–H groups in total. The highest BCUT2D eigenvalue weighted by molar-refractivity contribution is 6.44. The molecule has 0 amide bonds. The lowest BCUT2D eigenvalue weighted by Gasteiger charge is -2.17. The SMILES string of the molecule is O=C(c1ccccc1CN1CCCC1)c1cccc(Cl)c1Cl. The van der Waals surface area contributed by atoms with E-state index in [1.54, 1.807) is 18.2 Å². The highest BCUT2D eigenvalue weighted by atomic mass is 35.5. The Hall–Kier alpha value is -1.35. The van der Waals surface area contributed by atoms with E-state index in [2.05, 4.69) is 4.90 Å². The van der Waals surface area contributed by atoms with E-state index < -0.39 is 0 Å². The minimum atomic E-state index is -0.0673. The first-order valence-electron chi connectivity index (χ1n) is 7.46. The van der Waals surface area contributed by atoms with Crippen molar-refractivity contribution in [3.05, 3.63) is 69.2 Å². The summed E-state index contributed by atoms with van der Waals surface area (Å²) in [7, 11) is 0. The molecule has 0 aliphatic carbocycles. The Bertz CT molecular complexity index is 693. The molecule has 0 bridgehead atoms. The van der Waals surface area contributed by atoms with E-state index in [0.29, 0.717) is 21.2 Å². The second-order valence-corrected chi connectivity index (χ2v) is 6.36. The van der Waals surface area contributed by atoms with Crippen molar-refractivity contribution in [3.8, 4) is 0 Å². The van der Waals surface area contributed by atoms with Crippen LogP contribution in [0, 0.1) is 0 Å². The van der Waals surface area contributed by atoms with E-state index >= 15 is 0 Å². The highest BCUT2D eigenvalue weighted by Gasteiger charge is 2.19. The number of rotatable bonds is 4. The molecule has 0 unspecified atom stereocenters. The summed E-state index contributed by atoms with van der Waals surface area (Å²) in [6, 6.07) is 12.9.